The number of H-pyrrole nitrogens is 1. The highest BCUT2D eigenvalue weighted by Crippen LogP contribution is 2.30. The van der Waals surface area contributed by atoms with Crippen molar-refractivity contribution in [3.05, 3.63) is 54.5 Å². The lowest BCUT2D eigenvalue weighted by atomic mass is 10.1. The molecule has 5 heteroatoms. The number of aromatic amines is 1. The first-order valence-corrected chi connectivity index (χ1v) is 7.38. The fraction of sp³-hybridized carbons (Fsp3) is 0.111. The molecule has 2 aromatic carbocycles. The number of rotatable bonds is 3. The maximum absolute atomic E-state index is 5.42. The average molecular weight is 304 g/mol. The van der Waals surface area contributed by atoms with Crippen LogP contribution in [-0.4, -0.2) is 22.1 Å². The molecule has 114 valence electrons. The van der Waals surface area contributed by atoms with Gasteiger partial charge < -0.3 is 15.0 Å². The summed E-state index contributed by atoms with van der Waals surface area (Å²) in [4.78, 5) is 11.9. The summed E-state index contributed by atoms with van der Waals surface area (Å²) in [6, 6.07) is 12.2. The lowest BCUT2D eigenvalue weighted by molar-refractivity contribution is 0.412. The minimum absolute atomic E-state index is 0.767. The van der Waals surface area contributed by atoms with Crippen molar-refractivity contribution in [2.24, 2.45) is 0 Å². The third kappa shape index (κ3) is 2.36. The quantitative estimate of drug-likeness (QED) is 0.596. The van der Waals surface area contributed by atoms with Crippen molar-refractivity contribution in [3.8, 4) is 5.75 Å². The summed E-state index contributed by atoms with van der Waals surface area (Å²) < 4.78 is 5.42. The molecule has 0 radical (unpaired) electrons. The molecular weight excluding hydrogens is 288 g/mol. The second-order valence-electron chi connectivity index (χ2n) is 5.47. The van der Waals surface area contributed by atoms with Gasteiger partial charge in [0.1, 0.15) is 17.9 Å². The topological polar surface area (TPSA) is 62.8 Å². The molecule has 0 aliphatic rings. The fourth-order valence-corrected chi connectivity index (χ4v) is 2.77. The Balaban J connectivity index is 1.81. The van der Waals surface area contributed by atoms with Crippen LogP contribution in [0.5, 0.6) is 5.75 Å². The minimum Gasteiger partial charge on any atom is -0.496 e. The Kier molecular flexibility index (Phi) is 3.12. The number of hydrogen-bond donors (Lipinski definition) is 2. The van der Waals surface area contributed by atoms with Gasteiger partial charge in [0.25, 0.3) is 0 Å². The molecule has 0 fully saturated rings. The molecule has 0 saturated heterocycles. The van der Waals surface area contributed by atoms with Gasteiger partial charge in [0.05, 0.1) is 12.6 Å². The van der Waals surface area contributed by atoms with Crippen LogP contribution in [0.25, 0.3) is 21.8 Å². The van der Waals surface area contributed by atoms with E-state index in [1.54, 1.807) is 13.4 Å². The van der Waals surface area contributed by atoms with Gasteiger partial charge in [-0.25, -0.2) is 9.97 Å². The highest BCUT2D eigenvalue weighted by Gasteiger charge is 2.08. The lowest BCUT2D eigenvalue weighted by Gasteiger charge is -2.11. The Bertz CT molecular complexity index is 1010. The summed E-state index contributed by atoms with van der Waals surface area (Å²) in [5, 5.41) is 5.47. The molecule has 4 aromatic rings. The smallest absolute Gasteiger partial charge is 0.141 e. The van der Waals surface area contributed by atoms with Gasteiger partial charge in [-0.1, -0.05) is 0 Å². The summed E-state index contributed by atoms with van der Waals surface area (Å²) in [6.45, 7) is 2.01. The van der Waals surface area contributed by atoms with E-state index >= 15 is 0 Å². The standard InChI is InChI=1S/C18H16N4O/c1-11-7-16-14(9-17(11)23-2)18(21-10-20-16)22-13-3-4-15-12(8-13)5-6-19-15/h3-10,19H,1-2H3,(H,20,21,22). The Morgan fingerprint density at radius 1 is 1.09 bits per heavy atom. The van der Waals surface area contributed by atoms with Crippen molar-refractivity contribution in [3.63, 3.8) is 0 Å². The molecule has 2 aromatic heterocycles. The second-order valence-corrected chi connectivity index (χ2v) is 5.47. The molecule has 5 nitrogen and oxygen atoms in total. The highest BCUT2D eigenvalue weighted by molar-refractivity contribution is 5.93. The molecule has 0 spiro atoms. The van der Waals surface area contributed by atoms with Gasteiger partial charge in [-0.15, -0.1) is 0 Å². The van der Waals surface area contributed by atoms with Crippen LogP contribution < -0.4 is 10.1 Å². The number of ether oxygens (including phenoxy) is 1. The monoisotopic (exact) mass is 304 g/mol. The molecule has 0 unspecified atom stereocenters. The van der Waals surface area contributed by atoms with Crippen molar-refractivity contribution in [1.82, 2.24) is 15.0 Å². The van der Waals surface area contributed by atoms with Crippen molar-refractivity contribution in [1.29, 1.82) is 0 Å². The number of benzene rings is 2. The van der Waals surface area contributed by atoms with Gasteiger partial charge in [0, 0.05) is 28.2 Å². The molecule has 2 heterocycles. The average Bonchev–Trinajstić information content (AvgIpc) is 3.02. The number of hydrogen-bond acceptors (Lipinski definition) is 4. The van der Waals surface area contributed by atoms with E-state index in [4.69, 9.17) is 4.74 Å². The van der Waals surface area contributed by atoms with E-state index in [0.29, 0.717) is 0 Å². The summed E-state index contributed by atoms with van der Waals surface area (Å²) >= 11 is 0. The van der Waals surface area contributed by atoms with Crippen molar-refractivity contribution < 1.29 is 4.74 Å². The van der Waals surface area contributed by atoms with Crippen LogP contribution in [0.2, 0.25) is 0 Å². The van der Waals surface area contributed by atoms with Gasteiger partial charge >= 0.3 is 0 Å². The Morgan fingerprint density at radius 3 is 2.87 bits per heavy atom. The Hall–Kier alpha value is -3.08. The number of aryl methyl sites for hydroxylation is 1. The van der Waals surface area contributed by atoms with Crippen molar-refractivity contribution in [2.45, 2.75) is 6.92 Å². The number of aromatic nitrogens is 3. The maximum Gasteiger partial charge on any atom is 0.141 e. The van der Waals surface area contributed by atoms with Gasteiger partial charge in [0.15, 0.2) is 0 Å². The van der Waals surface area contributed by atoms with Crippen LogP contribution in [0.3, 0.4) is 0 Å². The highest BCUT2D eigenvalue weighted by atomic mass is 16.5. The lowest BCUT2D eigenvalue weighted by Crippen LogP contribution is -1.97. The molecule has 2 N–H and O–H groups in total. The first-order chi connectivity index (χ1) is 11.2. The SMILES string of the molecule is COc1cc2c(Nc3ccc4[nH]ccc4c3)ncnc2cc1C. The molecule has 4 rings (SSSR count). The largest absolute Gasteiger partial charge is 0.496 e. The van der Waals surface area contributed by atoms with E-state index in [9.17, 15) is 0 Å². The molecule has 0 aliphatic heterocycles. The molecule has 0 atom stereocenters. The number of nitrogens with one attached hydrogen (secondary N) is 2. The Labute approximate surface area is 133 Å². The predicted octanol–water partition coefficient (Wildman–Crippen LogP) is 4.17. The van der Waals surface area contributed by atoms with Crippen LogP contribution in [0, 0.1) is 6.92 Å². The van der Waals surface area contributed by atoms with Crippen LogP contribution in [0.15, 0.2) is 48.9 Å². The van der Waals surface area contributed by atoms with Crippen LogP contribution >= 0.6 is 0 Å². The molecule has 0 bridgehead atoms. The Morgan fingerprint density at radius 2 is 2.00 bits per heavy atom. The van der Waals surface area contributed by atoms with E-state index in [1.165, 1.54) is 0 Å². The van der Waals surface area contributed by atoms with Crippen LogP contribution in [0.1, 0.15) is 5.56 Å². The van der Waals surface area contributed by atoms with Crippen LogP contribution in [0.4, 0.5) is 11.5 Å². The van der Waals surface area contributed by atoms with E-state index in [1.807, 2.05) is 43.5 Å². The summed E-state index contributed by atoms with van der Waals surface area (Å²) in [6.07, 6.45) is 3.51. The second kappa shape index (κ2) is 5.28. The van der Waals surface area contributed by atoms with Gasteiger partial charge in [-0.3, -0.25) is 0 Å². The molecular formula is C18H16N4O. The van der Waals surface area contributed by atoms with Crippen molar-refractivity contribution >= 4 is 33.3 Å². The van der Waals surface area contributed by atoms with Gasteiger partial charge in [0.2, 0.25) is 0 Å². The van der Waals surface area contributed by atoms with Crippen LogP contribution in [-0.2, 0) is 0 Å². The zero-order valence-corrected chi connectivity index (χ0v) is 12.9. The number of nitrogens with zero attached hydrogens (tertiary/aromatic N) is 2. The fourth-order valence-electron chi connectivity index (χ4n) is 2.77. The predicted molar refractivity (Wildman–Crippen MR) is 92.4 cm³/mol. The zero-order chi connectivity index (χ0) is 15.8. The normalized spacial score (nSPS) is 11.0. The third-order valence-corrected chi connectivity index (χ3v) is 3.97. The summed E-state index contributed by atoms with van der Waals surface area (Å²) in [5.74, 6) is 1.60. The summed E-state index contributed by atoms with van der Waals surface area (Å²) in [5.41, 5.74) is 4.04. The first-order valence-electron chi connectivity index (χ1n) is 7.38. The maximum atomic E-state index is 5.42. The van der Waals surface area contributed by atoms with E-state index in [0.717, 1.165) is 44.6 Å². The summed E-state index contributed by atoms with van der Waals surface area (Å²) in [7, 11) is 1.67. The molecule has 23 heavy (non-hydrogen) atoms. The van der Waals surface area contributed by atoms with E-state index in [2.05, 4.69) is 26.3 Å². The van der Waals surface area contributed by atoms with Gasteiger partial charge in [-0.2, -0.15) is 0 Å². The van der Waals surface area contributed by atoms with E-state index in [-0.39, 0.29) is 0 Å². The molecule has 0 aliphatic carbocycles. The van der Waals surface area contributed by atoms with E-state index < -0.39 is 0 Å². The van der Waals surface area contributed by atoms with Crippen molar-refractivity contribution in [2.75, 3.05) is 12.4 Å². The number of fused-ring (bicyclic) bond motifs is 2. The van der Waals surface area contributed by atoms with Gasteiger partial charge in [-0.05, 0) is 48.9 Å². The minimum atomic E-state index is 0.767. The number of anilines is 2. The third-order valence-electron chi connectivity index (χ3n) is 3.97. The molecule has 0 amide bonds. The zero-order valence-electron chi connectivity index (χ0n) is 12.9. The molecule has 0 saturated carbocycles. The number of methoxy groups -OCH3 is 1. The first kappa shape index (κ1) is 13.6.